The molecule has 1 aliphatic rings. The van der Waals surface area contributed by atoms with Crippen LogP contribution in [0, 0.1) is 0 Å². The molecule has 1 atom stereocenters. The van der Waals surface area contributed by atoms with Crippen LogP contribution in [0.1, 0.15) is 17.2 Å². The molecule has 0 fully saturated rings. The third-order valence-corrected chi connectivity index (χ3v) is 4.53. The molecule has 0 spiro atoms. The third kappa shape index (κ3) is 3.30. The van der Waals surface area contributed by atoms with E-state index in [-0.39, 0.29) is 18.6 Å². The van der Waals surface area contributed by atoms with Gasteiger partial charge in [0.15, 0.2) is 0 Å². The van der Waals surface area contributed by atoms with Crippen LogP contribution in [0.5, 0.6) is 0 Å². The molecule has 0 saturated carbocycles. The highest BCUT2D eigenvalue weighted by Crippen LogP contribution is 2.30. The molecule has 1 aromatic heterocycles. The maximum atomic E-state index is 11.5. The normalized spacial score (nSPS) is 13.8. The van der Waals surface area contributed by atoms with E-state index in [4.69, 9.17) is 0 Å². The van der Waals surface area contributed by atoms with Crippen molar-refractivity contribution in [2.24, 2.45) is 0 Å². The highest BCUT2D eigenvalue weighted by atomic mass is 16.3. The average Bonchev–Trinajstić information content (AvgIpc) is 3.06. The molecule has 5 nitrogen and oxygen atoms in total. The van der Waals surface area contributed by atoms with Crippen LogP contribution in [0.3, 0.4) is 0 Å². The molecule has 1 amide bonds. The predicted molar refractivity (Wildman–Crippen MR) is 102 cm³/mol. The van der Waals surface area contributed by atoms with E-state index < -0.39 is 0 Å². The fraction of sp³-hybridized carbons (Fsp3) is 0.143. The van der Waals surface area contributed by atoms with E-state index in [2.05, 4.69) is 15.6 Å². The Morgan fingerprint density at radius 2 is 1.92 bits per heavy atom. The van der Waals surface area contributed by atoms with Crippen molar-refractivity contribution in [2.75, 3.05) is 17.2 Å². The molecular weight excluding hydrogens is 326 g/mol. The molecule has 0 saturated heterocycles. The Labute approximate surface area is 151 Å². The molecule has 0 aliphatic carbocycles. The Balaban J connectivity index is 1.59. The minimum atomic E-state index is -0.199. The average molecular weight is 345 g/mol. The number of nitrogens with one attached hydrogen (secondary N) is 2. The first-order valence-electron chi connectivity index (χ1n) is 8.53. The molecule has 1 aliphatic heterocycles. The lowest BCUT2D eigenvalue weighted by molar-refractivity contribution is -0.115. The number of anilines is 2. The number of amides is 1. The Morgan fingerprint density at radius 1 is 1.08 bits per heavy atom. The fourth-order valence-corrected chi connectivity index (χ4v) is 3.21. The van der Waals surface area contributed by atoms with Gasteiger partial charge in [0.25, 0.3) is 0 Å². The van der Waals surface area contributed by atoms with Gasteiger partial charge in [0.1, 0.15) is 0 Å². The van der Waals surface area contributed by atoms with Crippen molar-refractivity contribution in [3.63, 3.8) is 0 Å². The molecule has 130 valence electrons. The Morgan fingerprint density at radius 3 is 2.73 bits per heavy atom. The van der Waals surface area contributed by atoms with Gasteiger partial charge in [0.2, 0.25) is 5.91 Å². The topological polar surface area (TPSA) is 74.2 Å². The van der Waals surface area contributed by atoms with Crippen molar-refractivity contribution < 1.29 is 9.90 Å². The summed E-state index contributed by atoms with van der Waals surface area (Å²) in [4.78, 5) is 15.9. The number of rotatable bonds is 5. The van der Waals surface area contributed by atoms with Crippen molar-refractivity contribution in [3.8, 4) is 11.1 Å². The quantitative estimate of drug-likeness (QED) is 0.663. The summed E-state index contributed by atoms with van der Waals surface area (Å²) in [5.74, 6) is 0.0272. The molecule has 5 heteroatoms. The lowest BCUT2D eigenvalue weighted by Crippen LogP contribution is -2.14. The zero-order chi connectivity index (χ0) is 17.9. The van der Waals surface area contributed by atoms with Gasteiger partial charge in [-0.2, -0.15) is 0 Å². The summed E-state index contributed by atoms with van der Waals surface area (Å²) in [7, 11) is 0. The van der Waals surface area contributed by atoms with Crippen LogP contribution in [0.25, 0.3) is 11.1 Å². The molecule has 3 aromatic rings. The number of aliphatic hydroxyl groups is 1. The molecule has 0 bridgehead atoms. The molecule has 2 heterocycles. The van der Waals surface area contributed by atoms with E-state index >= 15 is 0 Å². The van der Waals surface area contributed by atoms with E-state index in [0.717, 1.165) is 33.6 Å². The van der Waals surface area contributed by atoms with Crippen molar-refractivity contribution in [1.82, 2.24) is 4.98 Å². The van der Waals surface area contributed by atoms with Crippen LogP contribution >= 0.6 is 0 Å². The number of carbonyl (C=O) groups excluding carboxylic acids is 1. The van der Waals surface area contributed by atoms with Crippen molar-refractivity contribution in [2.45, 2.75) is 12.5 Å². The van der Waals surface area contributed by atoms with Gasteiger partial charge in [-0.05, 0) is 34.9 Å². The van der Waals surface area contributed by atoms with Crippen molar-refractivity contribution in [1.29, 1.82) is 0 Å². The summed E-state index contributed by atoms with van der Waals surface area (Å²) in [5, 5.41) is 15.9. The summed E-state index contributed by atoms with van der Waals surface area (Å²) in [6.45, 7) is -0.0130. The van der Waals surface area contributed by atoms with Gasteiger partial charge >= 0.3 is 0 Å². The number of hydrogen-bond donors (Lipinski definition) is 3. The number of aliphatic hydroxyl groups excluding tert-OH is 1. The Bertz CT molecular complexity index is 941. The van der Waals surface area contributed by atoms with Crippen LogP contribution < -0.4 is 10.6 Å². The number of fused-ring (bicyclic) bond motifs is 1. The van der Waals surface area contributed by atoms with E-state index in [0.29, 0.717) is 6.42 Å². The highest BCUT2D eigenvalue weighted by molar-refractivity contribution is 5.99. The zero-order valence-corrected chi connectivity index (χ0v) is 14.1. The monoisotopic (exact) mass is 345 g/mol. The van der Waals surface area contributed by atoms with Gasteiger partial charge in [-0.1, -0.05) is 36.4 Å². The van der Waals surface area contributed by atoms with Crippen LogP contribution in [0.2, 0.25) is 0 Å². The summed E-state index contributed by atoms with van der Waals surface area (Å²) < 4.78 is 0. The standard InChI is InChI=1S/C21H19N3O2/c25-13-20(14-4-2-1-3-5-14)23-18-9-17(11-22-12-18)15-6-7-19-16(8-15)10-21(26)24-19/h1-9,11-12,20,23,25H,10,13H2,(H,24,26). The molecular formula is C21H19N3O2. The lowest BCUT2D eigenvalue weighted by Gasteiger charge is -2.18. The molecule has 26 heavy (non-hydrogen) atoms. The molecule has 3 N–H and O–H groups in total. The second kappa shape index (κ2) is 6.98. The van der Waals surface area contributed by atoms with Gasteiger partial charge in [-0.25, -0.2) is 0 Å². The number of pyridine rings is 1. The minimum Gasteiger partial charge on any atom is -0.394 e. The number of aromatic nitrogens is 1. The van der Waals surface area contributed by atoms with Crippen LogP contribution in [0.15, 0.2) is 67.0 Å². The number of nitrogens with zero attached hydrogens (tertiary/aromatic N) is 1. The molecule has 0 radical (unpaired) electrons. The van der Waals surface area contributed by atoms with E-state index in [1.165, 1.54) is 0 Å². The summed E-state index contributed by atoms with van der Waals surface area (Å²) >= 11 is 0. The molecule has 4 rings (SSSR count). The first-order chi connectivity index (χ1) is 12.7. The Hall–Kier alpha value is -3.18. The van der Waals surface area contributed by atoms with Crippen molar-refractivity contribution in [3.05, 3.63) is 78.1 Å². The van der Waals surface area contributed by atoms with E-state index in [1.807, 2.05) is 54.6 Å². The third-order valence-electron chi connectivity index (χ3n) is 4.53. The van der Waals surface area contributed by atoms with E-state index in [1.54, 1.807) is 12.4 Å². The maximum absolute atomic E-state index is 11.5. The number of benzene rings is 2. The molecule has 2 aromatic carbocycles. The van der Waals surface area contributed by atoms with Gasteiger partial charge in [0.05, 0.1) is 24.8 Å². The van der Waals surface area contributed by atoms with Crippen LogP contribution in [-0.4, -0.2) is 22.6 Å². The molecule has 1 unspecified atom stereocenters. The summed E-state index contributed by atoms with van der Waals surface area (Å²) in [6.07, 6.45) is 3.95. The van der Waals surface area contributed by atoms with Crippen LogP contribution in [-0.2, 0) is 11.2 Å². The van der Waals surface area contributed by atoms with E-state index in [9.17, 15) is 9.90 Å². The SMILES string of the molecule is O=C1Cc2cc(-c3cncc(NC(CO)c4ccccc4)c3)ccc2N1. The smallest absolute Gasteiger partial charge is 0.228 e. The van der Waals surface area contributed by atoms with Gasteiger partial charge in [-0.3, -0.25) is 9.78 Å². The largest absolute Gasteiger partial charge is 0.394 e. The highest BCUT2D eigenvalue weighted by Gasteiger charge is 2.18. The first-order valence-corrected chi connectivity index (χ1v) is 8.53. The maximum Gasteiger partial charge on any atom is 0.228 e. The lowest BCUT2D eigenvalue weighted by atomic mass is 10.0. The van der Waals surface area contributed by atoms with Crippen LogP contribution in [0.4, 0.5) is 11.4 Å². The Kier molecular flexibility index (Phi) is 4.37. The fourth-order valence-electron chi connectivity index (χ4n) is 3.21. The predicted octanol–water partition coefficient (Wildman–Crippen LogP) is 3.39. The van der Waals surface area contributed by atoms with Crippen molar-refractivity contribution >= 4 is 17.3 Å². The second-order valence-electron chi connectivity index (χ2n) is 6.35. The van der Waals surface area contributed by atoms with Gasteiger partial charge < -0.3 is 15.7 Å². The number of carbonyl (C=O) groups is 1. The first kappa shape index (κ1) is 16.3. The van der Waals surface area contributed by atoms with Gasteiger partial charge in [0, 0.05) is 23.6 Å². The second-order valence-corrected chi connectivity index (χ2v) is 6.35. The van der Waals surface area contributed by atoms with Gasteiger partial charge in [-0.15, -0.1) is 0 Å². The summed E-state index contributed by atoms with van der Waals surface area (Å²) in [6, 6.07) is 17.6. The zero-order valence-electron chi connectivity index (χ0n) is 14.1. The minimum absolute atomic E-state index is 0.0130. The summed E-state index contributed by atoms with van der Waals surface area (Å²) in [5.41, 5.74) is 5.70. The number of hydrogen-bond acceptors (Lipinski definition) is 4.